The fourth-order valence-electron chi connectivity index (χ4n) is 2.83. The van der Waals surface area contributed by atoms with Crippen molar-refractivity contribution < 1.29 is 14.3 Å². The second-order valence-electron chi connectivity index (χ2n) is 4.44. The highest BCUT2D eigenvalue weighted by Gasteiger charge is 2.40. The van der Waals surface area contributed by atoms with Crippen LogP contribution in [-0.2, 0) is 14.3 Å². The Morgan fingerprint density at radius 3 is 2.00 bits per heavy atom. The first-order valence-corrected chi connectivity index (χ1v) is 6.74. The Labute approximate surface area is 105 Å². The quantitative estimate of drug-likeness (QED) is 0.714. The zero-order chi connectivity index (χ0) is 13.3. The zero-order valence-electron chi connectivity index (χ0n) is 11.4. The second-order valence-corrected chi connectivity index (χ2v) is 4.44. The van der Waals surface area contributed by atoms with Gasteiger partial charge in [-0.05, 0) is 50.4 Å². The van der Waals surface area contributed by atoms with Crippen molar-refractivity contribution in [3.8, 4) is 0 Å². The molecule has 0 radical (unpaired) electrons. The van der Waals surface area contributed by atoms with E-state index in [0.29, 0.717) is 18.9 Å². The number of carbonyl (C=O) groups excluding carboxylic acids is 2. The van der Waals surface area contributed by atoms with Gasteiger partial charge in [0.15, 0.2) is 0 Å². The molecule has 2 fully saturated rings. The largest absolute Gasteiger partial charge is 0.466 e. The highest BCUT2D eigenvalue weighted by molar-refractivity contribution is 5.69. The summed E-state index contributed by atoms with van der Waals surface area (Å²) in [5, 5.41) is 0. The molecular formula is C14H26O3. The van der Waals surface area contributed by atoms with E-state index in [-0.39, 0.29) is 5.97 Å². The molecule has 2 rings (SSSR count). The fraction of sp³-hybridized carbons (Fsp3) is 0.857. The number of fused-ring (bicyclic) bond motifs is 1. The van der Waals surface area contributed by atoms with Crippen LogP contribution < -0.4 is 0 Å². The van der Waals surface area contributed by atoms with E-state index in [1.807, 2.05) is 27.6 Å². The van der Waals surface area contributed by atoms with Gasteiger partial charge in [-0.2, -0.15) is 0 Å². The minimum absolute atomic E-state index is 0.00815. The van der Waals surface area contributed by atoms with Crippen LogP contribution in [0.25, 0.3) is 0 Å². The molecule has 0 aromatic rings. The smallest absolute Gasteiger partial charge is 0.306 e. The third kappa shape index (κ3) is 4.88. The van der Waals surface area contributed by atoms with Crippen LogP contribution in [0.3, 0.4) is 0 Å². The Kier molecular flexibility index (Phi) is 8.73. The number of hydrogen-bond donors (Lipinski definition) is 0. The summed E-state index contributed by atoms with van der Waals surface area (Å²) in [6.45, 7) is 8.40. The molecule has 2 saturated carbocycles. The monoisotopic (exact) mass is 242 g/mol. The van der Waals surface area contributed by atoms with E-state index in [2.05, 4.69) is 0 Å². The van der Waals surface area contributed by atoms with Crippen molar-refractivity contribution in [3.63, 3.8) is 0 Å². The lowest BCUT2D eigenvalue weighted by Gasteiger charge is -2.29. The molecule has 0 N–H and O–H groups in total. The lowest BCUT2D eigenvalue weighted by Crippen LogP contribution is -2.18. The molecule has 100 valence electrons. The maximum absolute atomic E-state index is 11.2. The first-order chi connectivity index (χ1) is 8.29. The molecule has 0 aliphatic heterocycles. The van der Waals surface area contributed by atoms with E-state index in [1.165, 1.54) is 25.7 Å². The van der Waals surface area contributed by atoms with Crippen molar-refractivity contribution in [2.45, 2.75) is 52.9 Å². The van der Waals surface area contributed by atoms with E-state index < -0.39 is 0 Å². The summed E-state index contributed by atoms with van der Waals surface area (Å²) in [5.74, 6) is 2.56. The van der Waals surface area contributed by atoms with Crippen LogP contribution in [0.5, 0.6) is 0 Å². The molecule has 0 amide bonds. The van der Waals surface area contributed by atoms with Crippen LogP contribution in [0.2, 0.25) is 0 Å². The van der Waals surface area contributed by atoms with E-state index in [9.17, 15) is 4.79 Å². The number of esters is 1. The van der Waals surface area contributed by atoms with Crippen molar-refractivity contribution in [1.82, 2.24) is 0 Å². The summed E-state index contributed by atoms with van der Waals surface area (Å²) >= 11 is 0. The van der Waals surface area contributed by atoms with Crippen LogP contribution in [0.4, 0.5) is 0 Å². The Hall–Kier alpha value is -0.860. The molecule has 2 unspecified atom stereocenters. The van der Waals surface area contributed by atoms with Gasteiger partial charge in [-0.3, -0.25) is 4.79 Å². The maximum atomic E-state index is 11.2. The van der Waals surface area contributed by atoms with Gasteiger partial charge in [0.05, 0.1) is 6.61 Å². The Balaban J connectivity index is 0.000000581. The molecule has 2 aliphatic rings. The lowest BCUT2D eigenvalue weighted by molar-refractivity contribution is -0.144. The van der Waals surface area contributed by atoms with Gasteiger partial charge < -0.3 is 9.53 Å². The molecule has 0 heterocycles. The van der Waals surface area contributed by atoms with Gasteiger partial charge in [0, 0.05) is 6.42 Å². The Morgan fingerprint density at radius 1 is 1.18 bits per heavy atom. The van der Waals surface area contributed by atoms with E-state index >= 15 is 0 Å². The van der Waals surface area contributed by atoms with Crippen LogP contribution in [0.15, 0.2) is 0 Å². The molecule has 2 aliphatic carbocycles. The predicted molar refractivity (Wildman–Crippen MR) is 68.7 cm³/mol. The van der Waals surface area contributed by atoms with Crippen LogP contribution in [-0.4, -0.2) is 19.4 Å². The van der Waals surface area contributed by atoms with Gasteiger partial charge in [0.1, 0.15) is 6.79 Å². The number of carbonyl (C=O) groups is 2. The normalized spacial score (nSPS) is 28.5. The molecule has 0 aromatic heterocycles. The van der Waals surface area contributed by atoms with E-state index in [4.69, 9.17) is 9.53 Å². The van der Waals surface area contributed by atoms with Crippen molar-refractivity contribution in [2.75, 3.05) is 6.61 Å². The fourth-order valence-corrected chi connectivity index (χ4v) is 2.83. The highest BCUT2D eigenvalue weighted by Crippen LogP contribution is 2.50. The Morgan fingerprint density at radius 2 is 1.65 bits per heavy atom. The van der Waals surface area contributed by atoms with Gasteiger partial charge in [0.2, 0.25) is 0 Å². The summed E-state index contributed by atoms with van der Waals surface area (Å²) in [4.78, 5) is 19.2. The number of rotatable bonds is 3. The third-order valence-electron chi connectivity index (χ3n) is 3.61. The van der Waals surface area contributed by atoms with Crippen molar-refractivity contribution in [2.24, 2.45) is 17.8 Å². The molecule has 3 nitrogen and oxygen atoms in total. The standard InChI is InChI=1S/C11H18O2.C2H6.CH2O/c1-2-13-11(12)7-8-5-9-3-4-10(9)6-8;2*1-2/h8-10H,2-7H2,1H3;1-2H3;1H2/t8?,9-,10?;;/m0../s1. The third-order valence-corrected chi connectivity index (χ3v) is 3.61. The SMILES string of the molecule is C=O.CC.CCOC(=O)CC1CC2CC[C@H]2C1. The molecule has 3 atom stereocenters. The molecule has 3 heteroatoms. The Bertz CT molecular complexity index is 204. The number of hydrogen-bond acceptors (Lipinski definition) is 3. The average Bonchev–Trinajstić information content (AvgIpc) is 2.61. The van der Waals surface area contributed by atoms with Crippen LogP contribution in [0, 0.1) is 17.8 Å². The minimum Gasteiger partial charge on any atom is -0.466 e. The van der Waals surface area contributed by atoms with Crippen molar-refractivity contribution >= 4 is 12.8 Å². The molecule has 0 spiro atoms. The minimum atomic E-state index is 0.00815. The summed E-state index contributed by atoms with van der Waals surface area (Å²) in [6, 6.07) is 0. The predicted octanol–water partition coefficient (Wildman–Crippen LogP) is 3.22. The average molecular weight is 242 g/mol. The zero-order valence-corrected chi connectivity index (χ0v) is 11.4. The maximum Gasteiger partial charge on any atom is 0.306 e. The topological polar surface area (TPSA) is 43.4 Å². The lowest BCUT2D eigenvalue weighted by atomic mass is 9.77. The van der Waals surface area contributed by atoms with Crippen molar-refractivity contribution in [1.29, 1.82) is 0 Å². The summed E-state index contributed by atoms with van der Waals surface area (Å²) in [6.07, 6.45) is 6.04. The van der Waals surface area contributed by atoms with Crippen LogP contribution in [0.1, 0.15) is 52.9 Å². The number of ether oxygens (including phenoxy) is 1. The molecular weight excluding hydrogens is 216 g/mol. The molecule has 0 bridgehead atoms. The van der Waals surface area contributed by atoms with Crippen LogP contribution >= 0.6 is 0 Å². The summed E-state index contributed by atoms with van der Waals surface area (Å²) in [5.41, 5.74) is 0. The van der Waals surface area contributed by atoms with Gasteiger partial charge >= 0.3 is 5.97 Å². The van der Waals surface area contributed by atoms with Crippen molar-refractivity contribution in [3.05, 3.63) is 0 Å². The summed E-state index contributed by atoms with van der Waals surface area (Å²) in [7, 11) is 0. The van der Waals surface area contributed by atoms with E-state index in [1.54, 1.807) is 0 Å². The molecule has 0 aromatic carbocycles. The van der Waals surface area contributed by atoms with E-state index in [0.717, 1.165) is 11.8 Å². The van der Waals surface area contributed by atoms with Gasteiger partial charge in [-0.25, -0.2) is 0 Å². The first kappa shape index (κ1) is 16.1. The second kappa shape index (κ2) is 9.20. The molecule has 17 heavy (non-hydrogen) atoms. The molecule has 0 saturated heterocycles. The highest BCUT2D eigenvalue weighted by atomic mass is 16.5. The van der Waals surface area contributed by atoms with Gasteiger partial charge in [-0.1, -0.05) is 13.8 Å². The first-order valence-electron chi connectivity index (χ1n) is 6.74. The van der Waals surface area contributed by atoms with Gasteiger partial charge in [-0.15, -0.1) is 0 Å². The summed E-state index contributed by atoms with van der Waals surface area (Å²) < 4.78 is 4.96. The van der Waals surface area contributed by atoms with Gasteiger partial charge in [0.25, 0.3) is 0 Å².